The second kappa shape index (κ2) is 9.26. The number of alkyl halides is 3. The van der Waals surface area contributed by atoms with Crippen molar-refractivity contribution in [3.05, 3.63) is 53.7 Å². The van der Waals surface area contributed by atoms with Crippen molar-refractivity contribution < 1.29 is 18.0 Å². The van der Waals surface area contributed by atoms with E-state index in [0.29, 0.717) is 32.0 Å². The molecule has 0 unspecified atom stereocenters. The van der Waals surface area contributed by atoms with E-state index >= 15 is 0 Å². The number of hydrogen-bond acceptors (Lipinski definition) is 4. The van der Waals surface area contributed by atoms with E-state index in [1.54, 1.807) is 0 Å². The van der Waals surface area contributed by atoms with Gasteiger partial charge in [0.1, 0.15) is 5.82 Å². The fourth-order valence-corrected chi connectivity index (χ4v) is 4.25. The zero-order valence-corrected chi connectivity index (χ0v) is 18.1. The number of carbonyl (C=O) groups is 1. The van der Waals surface area contributed by atoms with Crippen LogP contribution in [0.15, 0.2) is 42.6 Å². The number of carbonyl (C=O) groups excluding carboxylic acids is 1. The molecule has 4 rings (SSSR count). The molecule has 2 fully saturated rings. The second-order valence-electron chi connectivity index (χ2n) is 8.43. The lowest BCUT2D eigenvalue weighted by Crippen LogP contribution is -2.55. The third kappa shape index (κ3) is 5.26. The van der Waals surface area contributed by atoms with Crippen molar-refractivity contribution in [2.45, 2.75) is 32.0 Å². The van der Waals surface area contributed by atoms with Gasteiger partial charge in [0.15, 0.2) is 0 Å². The molecule has 0 bridgehead atoms. The minimum absolute atomic E-state index is 0.0417. The fraction of sp³-hybridized carbons (Fsp3) is 0.478. The maximum atomic E-state index is 12.7. The highest BCUT2D eigenvalue weighted by molar-refractivity contribution is 5.75. The van der Waals surface area contributed by atoms with Crippen LogP contribution in [0, 0.1) is 6.92 Å². The first-order valence-electron chi connectivity index (χ1n) is 10.9. The van der Waals surface area contributed by atoms with E-state index in [4.69, 9.17) is 0 Å². The molecular formula is C23H28F3N5O. The van der Waals surface area contributed by atoms with Crippen LogP contribution >= 0.6 is 0 Å². The molecule has 2 aliphatic rings. The molecule has 0 aliphatic carbocycles. The smallest absolute Gasteiger partial charge is 0.368 e. The number of aromatic nitrogens is 1. The molecule has 2 aromatic rings. The quantitative estimate of drug-likeness (QED) is 0.775. The van der Waals surface area contributed by atoms with Gasteiger partial charge in [-0.3, -0.25) is 0 Å². The summed E-state index contributed by atoms with van der Waals surface area (Å²) in [5.74, 6) is 0.537. The van der Waals surface area contributed by atoms with E-state index in [-0.39, 0.29) is 12.1 Å². The standard InChI is InChI=1S/C23H28F3N5O/c1-17-3-2-4-20(15-17)29-11-13-31(14-12-29)22(32)28-19-7-9-30(10-8-19)21-6-5-18(16-27-21)23(24,25)26/h2-6,15-16,19H,7-14H2,1H3,(H,28,32). The summed E-state index contributed by atoms with van der Waals surface area (Å²) >= 11 is 0. The Balaban J connectivity index is 1.23. The van der Waals surface area contributed by atoms with E-state index in [9.17, 15) is 18.0 Å². The van der Waals surface area contributed by atoms with Crippen LogP contribution in [0.1, 0.15) is 24.0 Å². The molecule has 3 heterocycles. The van der Waals surface area contributed by atoms with Gasteiger partial charge in [-0.25, -0.2) is 9.78 Å². The van der Waals surface area contributed by atoms with Crippen LogP contribution in [-0.2, 0) is 6.18 Å². The molecule has 0 saturated carbocycles. The number of anilines is 2. The predicted octanol–water partition coefficient (Wildman–Crippen LogP) is 3.91. The van der Waals surface area contributed by atoms with Crippen LogP contribution in [-0.4, -0.2) is 61.2 Å². The number of amides is 2. The molecule has 0 atom stereocenters. The average molecular weight is 448 g/mol. The topological polar surface area (TPSA) is 51.7 Å². The van der Waals surface area contributed by atoms with E-state index in [0.717, 1.165) is 38.2 Å². The SMILES string of the molecule is Cc1cccc(N2CCN(C(=O)NC3CCN(c4ccc(C(F)(F)F)cn4)CC3)CC2)c1. The molecule has 172 valence electrons. The summed E-state index contributed by atoms with van der Waals surface area (Å²) in [6.45, 7) is 6.31. The van der Waals surface area contributed by atoms with Gasteiger partial charge < -0.3 is 20.0 Å². The number of piperidine rings is 1. The lowest BCUT2D eigenvalue weighted by molar-refractivity contribution is -0.137. The normalized spacial score (nSPS) is 18.1. The third-order valence-electron chi connectivity index (χ3n) is 6.16. The first-order valence-corrected chi connectivity index (χ1v) is 10.9. The van der Waals surface area contributed by atoms with E-state index in [2.05, 4.69) is 46.4 Å². The highest BCUT2D eigenvalue weighted by atomic mass is 19.4. The van der Waals surface area contributed by atoms with Gasteiger partial charge in [-0.15, -0.1) is 0 Å². The van der Waals surface area contributed by atoms with Crippen molar-refractivity contribution in [2.24, 2.45) is 0 Å². The molecule has 0 spiro atoms. The van der Waals surface area contributed by atoms with Gasteiger partial charge in [-0.05, 0) is 49.6 Å². The number of urea groups is 1. The number of nitrogens with one attached hydrogen (secondary N) is 1. The largest absolute Gasteiger partial charge is 0.417 e. The minimum atomic E-state index is -4.38. The van der Waals surface area contributed by atoms with E-state index < -0.39 is 11.7 Å². The van der Waals surface area contributed by atoms with E-state index in [1.807, 2.05) is 9.80 Å². The Morgan fingerprint density at radius 3 is 2.31 bits per heavy atom. The molecule has 1 N–H and O–H groups in total. The molecule has 2 saturated heterocycles. The summed E-state index contributed by atoms with van der Waals surface area (Å²) in [4.78, 5) is 22.8. The summed E-state index contributed by atoms with van der Waals surface area (Å²) in [6, 6.07) is 10.9. The van der Waals surface area contributed by atoms with Crippen molar-refractivity contribution in [2.75, 3.05) is 49.1 Å². The number of benzene rings is 1. The van der Waals surface area contributed by atoms with Crippen molar-refractivity contribution in [1.82, 2.24) is 15.2 Å². The zero-order valence-electron chi connectivity index (χ0n) is 18.1. The molecular weight excluding hydrogens is 419 g/mol. The van der Waals surface area contributed by atoms with Crippen LogP contribution in [0.25, 0.3) is 0 Å². The number of nitrogens with zero attached hydrogens (tertiary/aromatic N) is 4. The van der Waals surface area contributed by atoms with Crippen LogP contribution < -0.4 is 15.1 Å². The van der Waals surface area contributed by atoms with Crippen LogP contribution in [0.3, 0.4) is 0 Å². The molecule has 9 heteroatoms. The summed E-state index contributed by atoms with van der Waals surface area (Å²) in [5, 5.41) is 3.13. The Morgan fingerprint density at radius 1 is 1.00 bits per heavy atom. The first kappa shape index (κ1) is 22.2. The summed E-state index contributed by atoms with van der Waals surface area (Å²) < 4.78 is 38.1. The van der Waals surface area contributed by atoms with Crippen molar-refractivity contribution in [3.63, 3.8) is 0 Å². The van der Waals surface area contributed by atoms with Gasteiger partial charge in [0, 0.05) is 57.2 Å². The number of halogens is 3. The van der Waals surface area contributed by atoms with Crippen molar-refractivity contribution in [3.8, 4) is 0 Å². The van der Waals surface area contributed by atoms with Gasteiger partial charge >= 0.3 is 12.2 Å². The predicted molar refractivity (Wildman–Crippen MR) is 118 cm³/mol. The lowest BCUT2D eigenvalue weighted by Gasteiger charge is -2.38. The number of aryl methyl sites for hydroxylation is 1. The fourth-order valence-electron chi connectivity index (χ4n) is 4.25. The molecule has 0 radical (unpaired) electrons. The van der Waals surface area contributed by atoms with Gasteiger partial charge in [0.2, 0.25) is 0 Å². The lowest BCUT2D eigenvalue weighted by atomic mass is 10.1. The molecule has 1 aromatic carbocycles. The van der Waals surface area contributed by atoms with Crippen LogP contribution in [0.4, 0.5) is 29.5 Å². The average Bonchev–Trinajstić information content (AvgIpc) is 2.79. The molecule has 2 aliphatic heterocycles. The van der Waals surface area contributed by atoms with Crippen molar-refractivity contribution >= 4 is 17.5 Å². The van der Waals surface area contributed by atoms with Crippen LogP contribution in [0.2, 0.25) is 0 Å². The minimum Gasteiger partial charge on any atom is -0.368 e. The second-order valence-corrected chi connectivity index (χ2v) is 8.43. The molecule has 6 nitrogen and oxygen atoms in total. The third-order valence-corrected chi connectivity index (χ3v) is 6.16. The molecule has 32 heavy (non-hydrogen) atoms. The van der Waals surface area contributed by atoms with Gasteiger partial charge in [0.25, 0.3) is 0 Å². The van der Waals surface area contributed by atoms with Gasteiger partial charge in [-0.1, -0.05) is 12.1 Å². The van der Waals surface area contributed by atoms with Crippen LogP contribution in [0.5, 0.6) is 0 Å². The highest BCUT2D eigenvalue weighted by Crippen LogP contribution is 2.29. The number of hydrogen-bond donors (Lipinski definition) is 1. The van der Waals surface area contributed by atoms with Crippen molar-refractivity contribution in [1.29, 1.82) is 0 Å². The molecule has 2 amide bonds. The maximum absolute atomic E-state index is 12.7. The summed E-state index contributed by atoms with van der Waals surface area (Å²) in [6.07, 6.45) is -2.04. The summed E-state index contributed by atoms with van der Waals surface area (Å²) in [7, 11) is 0. The monoisotopic (exact) mass is 447 g/mol. The Bertz CT molecular complexity index is 918. The maximum Gasteiger partial charge on any atom is 0.417 e. The Kier molecular flexibility index (Phi) is 6.43. The van der Waals surface area contributed by atoms with E-state index in [1.165, 1.54) is 17.3 Å². The summed E-state index contributed by atoms with van der Waals surface area (Å²) in [5.41, 5.74) is 1.67. The number of pyridine rings is 1. The zero-order chi connectivity index (χ0) is 22.7. The number of piperazine rings is 1. The Labute approximate surface area is 186 Å². The van der Waals surface area contributed by atoms with Gasteiger partial charge in [-0.2, -0.15) is 13.2 Å². The Hall–Kier alpha value is -2.97. The Morgan fingerprint density at radius 2 is 1.72 bits per heavy atom. The number of rotatable bonds is 3. The highest BCUT2D eigenvalue weighted by Gasteiger charge is 2.31. The van der Waals surface area contributed by atoms with Gasteiger partial charge in [0.05, 0.1) is 5.56 Å². The molecule has 1 aromatic heterocycles. The first-order chi connectivity index (χ1) is 15.3.